The van der Waals surface area contributed by atoms with E-state index in [-0.39, 0.29) is 5.69 Å². The third-order valence-electron chi connectivity index (χ3n) is 4.73. The molecule has 1 saturated carbocycles. The molecule has 4 rings (SSSR count). The van der Waals surface area contributed by atoms with Crippen LogP contribution in [-0.4, -0.2) is 21.9 Å². The Labute approximate surface area is 170 Å². The van der Waals surface area contributed by atoms with Crippen LogP contribution in [0.25, 0.3) is 10.6 Å². The molecule has 3 aromatic rings. The van der Waals surface area contributed by atoms with E-state index in [0.29, 0.717) is 11.6 Å². The van der Waals surface area contributed by atoms with E-state index >= 15 is 0 Å². The Morgan fingerprint density at radius 2 is 2.00 bits per heavy atom. The number of non-ortho nitro benzene ring substituents is 1. The van der Waals surface area contributed by atoms with Crippen molar-refractivity contribution < 1.29 is 4.92 Å². The van der Waals surface area contributed by atoms with E-state index in [2.05, 4.69) is 16.5 Å². The lowest BCUT2D eigenvalue weighted by Gasteiger charge is -2.16. The van der Waals surface area contributed by atoms with E-state index in [0.717, 1.165) is 28.2 Å². The highest BCUT2D eigenvalue weighted by molar-refractivity contribution is 7.14. The van der Waals surface area contributed by atoms with Crippen molar-refractivity contribution >= 4 is 34.6 Å². The fraction of sp³-hybridized carbons (Fsp3) is 0.300. The Morgan fingerprint density at radius 3 is 2.75 bits per heavy atom. The van der Waals surface area contributed by atoms with Crippen LogP contribution in [0.1, 0.15) is 37.7 Å². The smallest absolute Gasteiger partial charge is 0.258 e. The number of thiazole rings is 1. The summed E-state index contributed by atoms with van der Waals surface area (Å²) in [7, 11) is 0. The third-order valence-corrected chi connectivity index (χ3v) is 6.45. The molecule has 0 amide bonds. The van der Waals surface area contributed by atoms with Gasteiger partial charge in [-0.05, 0) is 24.3 Å². The first kappa shape index (κ1) is 18.8. The Balaban J connectivity index is 1.73. The van der Waals surface area contributed by atoms with Crippen LogP contribution >= 0.6 is 22.7 Å². The largest absolute Gasteiger partial charge is 0.270 e. The molecule has 1 fully saturated rings. The first-order valence-corrected chi connectivity index (χ1v) is 11.0. The van der Waals surface area contributed by atoms with E-state index in [9.17, 15) is 10.1 Å². The molecule has 1 aliphatic rings. The minimum atomic E-state index is -0.393. The Morgan fingerprint density at radius 1 is 1.14 bits per heavy atom. The van der Waals surface area contributed by atoms with Crippen molar-refractivity contribution in [3.05, 3.63) is 67.6 Å². The van der Waals surface area contributed by atoms with E-state index < -0.39 is 4.92 Å². The summed E-state index contributed by atoms with van der Waals surface area (Å²) in [6.45, 7) is 0. The zero-order valence-electron chi connectivity index (χ0n) is 15.2. The maximum Gasteiger partial charge on any atom is 0.270 e. The normalized spacial score (nSPS) is 16.1. The van der Waals surface area contributed by atoms with Crippen LogP contribution in [0.2, 0.25) is 0 Å². The Hall–Kier alpha value is -2.58. The predicted octanol–water partition coefficient (Wildman–Crippen LogP) is 5.30. The fourth-order valence-electron chi connectivity index (χ4n) is 3.30. The van der Waals surface area contributed by atoms with Gasteiger partial charge < -0.3 is 0 Å². The molecule has 6 nitrogen and oxygen atoms in total. The lowest BCUT2D eigenvalue weighted by Crippen LogP contribution is -2.18. The molecular weight excluding hydrogens is 392 g/mol. The van der Waals surface area contributed by atoms with Gasteiger partial charge in [-0.25, -0.2) is 4.68 Å². The number of thiophene rings is 1. The van der Waals surface area contributed by atoms with Gasteiger partial charge in [0.2, 0.25) is 4.80 Å². The van der Waals surface area contributed by atoms with Gasteiger partial charge in [0.1, 0.15) is 0 Å². The van der Waals surface area contributed by atoms with E-state index in [4.69, 9.17) is 4.99 Å². The molecular formula is C20H20N4O2S2. The molecule has 8 heteroatoms. The molecule has 1 aliphatic carbocycles. The molecule has 1 aromatic carbocycles. The summed E-state index contributed by atoms with van der Waals surface area (Å²) < 4.78 is 1.87. The molecule has 0 N–H and O–H groups in total. The van der Waals surface area contributed by atoms with Crippen LogP contribution in [-0.2, 0) is 0 Å². The summed E-state index contributed by atoms with van der Waals surface area (Å²) in [5, 5.41) is 19.8. The maximum atomic E-state index is 11.0. The highest BCUT2D eigenvalue weighted by atomic mass is 32.1. The quantitative estimate of drug-likeness (QED) is 0.324. The van der Waals surface area contributed by atoms with Gasteiger partial charge in [0.15, 0.2) is 0 Å². The zero-order valence-corrected chi connectivity index (χ0v) is 16.9. The van der Waals surface area contributed by atoms with Crippen molar-refractivity contribution in [2.45, 2.75) is 38.1 Å². The van der Waals surface area contributed by atoms with Crippen LogP contribution in [0.5, 0.6) is 0 Å². The fourth-order valence-corrected chi connectivity index (χ4v) is 5.00. The number of hydrogen-bond donors (Lipinski definition) is 0. The Kier molecular flexibility index (Phi) is 5.78. The first-order chi connectivity index (χ1) is 13.7. The minimum Gasteiger partial charge on any atom is -0.258 e. The summed E-state index contributed by atoms with van der Waals surface area (Å²) >= 11 is 3.25. The average molecular weight is 413 g/mol. The molecule has 0 bridgehead atoms. The molecule has 0 spiro atoms. The first-order valence-electron chi connectivity index (χ1n) is 9.28. The molecule has 144 valence electrons. The van der Waals surface area contributed by atoms with Crippen molar-refractivity contribution in [1.29, 1.82) is 0 Å². The van der Waals surface area contributed by atoms with E-state index in [1.165, 1.54) is 31.4 Å². The number of nitro benzene ring substituents is 1. The topological polar surface area (TPSA) is 72.8 Å². The van der Waals surface area contributed by atoms with Crippen molar-refractivity contribution in [3.8, 4) is 10.6 Å². The van der Waals surface area contributed by atoms with Crippen LogP contribution in [0.15, 0.2) is 57.3 Å². The highest BCUT2D eigenvalue weighted by Crippen LogP contribution is 2.26. The summed E-state index contributed by atoms with van der Waals surface area (Å²) in [4.78, 5) is 17.6. The lowest BCUT2D eigenvalue weighted by molar-refractivity contribution is -0.384. The maximum absolute atomic E-state index is 11.0. The second-order valence-electron chi connectivity index (χ2n) is 6.71. The number of benzene rings is 1. The van der Waals surface area contributed by atoms with Gasteiger partial charge in [0.25, 0.3) is 5.69 Å². The molecule has 2 aromatic heterocycles. The molecule has 28 heavy (non-hydrogen) atoms. The zero-order chi connectivity index (χ0) is 19.3. The summed E-state index contributed by atoms with van der Waals surface area (Å²) in [5.41, 5.74) is 1.75. The standard InChI is InChI=1S/C20H20N4O2S2/c25-24(26)17-9-4-6-15(12-17)13-21-23-18(19-10-5-11-27-19)14-28-20(23)22-16-7-2-1-3-8-16/h4-6,9-14,16H,1-3,7-8H2. The molecule has 0 unspecified atom stereocenters. The van der Waals surface area contributed by atoms with Gasteiger partial charge in [-0.2, -0.15) is 5.10 Å². The second kappa shape index (κ2) is 8.62. The lowest BCUT2D eigenvalue weighted by atomic mass is 9.96. The second-order valence-corrected chi connectivity index (χ2v) is 8.49. The Bertz CT molecular complexity index is 1040. The van der Waals surface area contributed by atoms with Crippen molar-refractivity contribution in [3.63, 3.8) is 0 Å². The predicted molar refractivity (Wildman–Crippen MR) is 114 cm³/mol. The van der Waals surface area contributed by atoms with E-state index in [1.807, 2.05) is 22.2 Å². The molecule has 0 radical (unpaired) electrons. The van der Waals surface area contributed by atoms with Crippen LogP contribution < -0.4 is 4.80 Å². The van der Waals surface area contributed by atoms with Gasteiger partial charge in [-0.3, -0.25) is 15.1 Å². The van der Waals surface area contributed by atoms with Crippen molar-refractivity contribution in [2.75, 3.05) is 0 Å². The summed E-state index contributed by atoms with van der Waals surface area (Å²) in [6, 6.07) is 10.9. The van der Waals surface area contributed by atoms with Crippen LogP contribution in [0, 0.1) is 10.1 Å². The van der Waals surface area contributed by atoms with Gasteiger partial charge >= 0.3 is 0 Å². The molecule has 0 atom stereocenters. The van der Waals surface area contributed by atoms with Crippen LogP contribution in [0.3, 0.4) is 0 Å². The van der Waals surface area contributed by atoms with Gasteiger partial charge in [-0.1, -0.05) is 37.5 Å². The number of rotatable bonds is 5. The average Bonchev–Trinajstić information content (AvgIpc) is 3.37. The van der Waals surface area contributed by atoms with Crippen LogP contribution in [0.4, 0.5) is 5.69 Å². The molecule has 2 heterocycles. The minimum absolute atomic E-state index is 0.0601. The SMILES string of the molecule is O=[N+]([O-])c1cccc(C=Nn2c(-c3cccs3)csc2=NC2CCCCC2)c1. The summed E-state index contributed by atoms with van der Waals surface area (Å²) in [6.07, 6.45) is 7.67. The van der Waals surface area contributed by atoms with Crippen molar-refractivity contribution in [2.24, 2.45) is 10.1 Å². The van der Waals surface area contributed by atoms with Gasteiger partial charge in [-0.15, -0.1) is 22.7 Å². The number of nitrogens with zero attached hydrogens (tertiary/aromatic N) is 4. The summed E-state index contributed by atoms with van der Waals surface area (Å²) in [5.74, 6) is 0. The number of aromatic nitrogens is 1. The van der Waals surface area contributed by atoms with Crippen molar-refractivity contribution in [1.82, 2.24) is 4.68 Å². The van der Waals surface area contributed by atoms with Gasteiger partial charge in [0, 0.05) is 23.1 Å². The van der Waals surface area contributed by atoms with E-state index in [1.54, 1.807) is 35.0 Å². The number of nitro groups is 1. The molecule has 0 saturated heterocycles. The third kappa shape index (κ3) is 4.28. The monoisotopic (exact) mass is 412 g/mol. The number of hydrogen-bond acceptors (Lipinski definition) is 6. The van der Waals surface area contributed by atoms with Gasteiger partial charge in [0.05, 0.1) is 27.8 Å². The highest BCUT2D eigenvalue weighted by Gasteiger charge is 2.14. The molecule has 0 aliphatic heterocycles.